The first kappa shape index (κ1) is 13.4. The van der Waals surface area contributed by atoms with Crippen molar-refractivity contribution in [3.8, 4) is 6.07 Å². The molecule has 0 N–H and O–H groups in total. The van der Waals surface area contributed by atoms with E-state index >= 15 is 0 Å². The first-order chi connectivity index (χ1) is 8.59. The van der Waals surface area contributed by atoms with E-state index in [1.54, 1.807) is 0 Å². The second-order valence-corrected chi connectivity index (χ2v) is 6.23. The molecule has 1 aliphatic carbocycles. The van der Waals surface area contributed by atoms with E-state index in [1.165, 1.54) is 6.42 Å². The smallest absolute Gasteiger partial charge is 0.243 e. The van der Waals surface area contributed by atoms with Gasteiger partial charge in [-0.15, -0.1) is 0 Å². The van der Waals surface area contributed by atoms with Crippen LogP contribution in [0.2, 0.25) is 0 Å². The van der Waals surface area contributed by atoms with Crippen molar-refractivity contribution < 1.29 is 4.79 Å². The van der Waals surface area contributed by atoms with E-state index in [9.17, 15) is 10.1 Å². The summed E-state index contributed by atoms with van der Waals surface area (Å²) in [6.45, 7) is 5.21. The summed E-state index contributed by atoms with van der Waals surface area (Å²) in [7, 11) is 0. The zero-order chi connectivity index (χ0) is 13.2. The van der Waals surface area contributed by atoms with Crippen LogP contribution in [-0.4, -0.2) is 23.4 Å². The minimum Gasteiger partial charge on any atom is -0.339 e. The van der Waals surface area contributed by atoms with E-state index in [-0.39, 0.29) is 5.91 Å². The second-order valence-electron chi connectivity index (χ2n) is 6.23. The van der Waals surface area contributed by atoms with Crippen molar-refractivity contribution in [3.63, 3.8) is 0 Å². The van der Waals surface area contributed by atoms with Gasteiger partial charge in [0.15, 0.2) is 0 Å². The average molecular weight is 248 g/mol. The van der Waals surface area contributed by atoms with Gasteiger partial charge in [-0.1, -0.05) is 26.2 Å². The van der Waals surface area contributed by atoms with Crippen LogP contribution in [0.15, 0.2) is 0 Å². The predicted octanol–water partition coefficient (Wildman–Crippen LogP) is 3.11. The summed E-state index contributed by atoms with van der Waals surface area (Å²) in [4.78, 5) is 14.7. The van der Waals surface area contributed by atoms with Gasteiger partial charge in [0, 0.05) is 12.6 Å². The van der Waals surface area contributed by atoms with E-state index in [1.807, 2.05) is 4.90 Å². The molecule has 3 nitrogen and oxygen atoms in total. The lowest BCUT2D eigenvalue weighted by molar-refractivity contribution is -0.144. The Kier molecular flexibility index (Phi) is 3.94. The standard InChI is InChI=1S/C15H24N2O/c1-12-6-9-17(13(2)10-12)14(18)15(11-16)7-4-3-5-8-15/h12-13H,3-10H2,1-2H3. The third-order valence-corrected chi connectivity index (χ3v) is 4.73. The Hall–Kier alpha value is -1.04. The molecule has 0 spiro atoms. The fourth-order valence-electron chi connectivity index (χ4n) is 3.51. The zero-order valence-corrected chi connectivity index (χ0v) is 11.6. The van der Waals surface area contributed by atoms with Crippen molar-refractivity contribution in [3.05, 3.63) is 0 Å². The van der Waals surface area contributed by atoms with Crippen molar-refractivity contribution in [1.82, 2.24) is 4.90 Å². The molecule has 3 heteroatoms. The highest BCUT2D eigenvalue weighted by Crippen LogP contribution is 2.39. The number of piperidine rings is 1. The van der Waals surface area contributed by atoms with Crippen LogP contribution in [0.1, 0.15) is 58.8 Å². The SMILES string of the molecule is CC1CCN(C(=O)C2(C#N)CCCCC2)C(C)C1. The number of nitriles is 1. The number of hydrogen-bond donors (Lipinski definition) is 0. The maximum absolute atomic E-state index is 12.7. The third kappa shape index (κ3) is 2.39. The minimum atomic E-state index is -0.701. The van der Waals surface area contributed by atoms with Crippen molar-refractivity contribution in [2.24, 2.45) is 11.3 Å². The molecule has 0 aromatic carbocycles. The van der Waals surface area contributed by atoms with Crippen LogP contribution >= 0.6 is 0 Å². The number of likely N-dealkylation sites (tertiary alicyclic amines) is 1. The number of rotatable bonds is 1. The highest BCUT2D eigenvalue weighted by molar-refractivity contribution is 5.86. The van der Waals surface area contributed by atoms with Gasteiger partial charge in [-0.3, -0.25) is 4.79 Å². The largest absolute Gasteiger partial charge is 0.339 e. The molecule has 2 fully saturated rings. The third-order valence-electron chi connectivity index (χ3n) is 4.73. The summed E-state index contributed by atoms with van der Waals surface area (Å²) in [5, 5.41) is 9.48. The molecule has 0 bridgehead atoms. The quantitative estimate of drug-likeness (QED) is 0.715. The van der Waals surface area contributed by atoms with E-state index in [4.69, 9.17) is 0 Å². The molecule has 1 saturated heterocycles. The maximum Gasteiger partial charge on any atom is 0.243 e. The van der Waals surface area contributed by atoms with Crippen molar-refractivity contribution in [2.75, 3.05) is 6.54 Å². The number of hydrogen-bond acceptors (Lipinski definition) is 2. The van der Waals surface area contributed by atoms with E-state index in [2.05, 4.69) is 19.9 Å². The number of carbonyl (C=O) groups excluding carboxylic acids is 1. The van der Waals surface area contributed by atoms with Gasteiger partial charge >= 0.3 is 0 Å². The summed E-state index contributed by atoms with van der Waals surface area (Å²) in [6.07, 6.45) is 6.91. The number of carbonyl (C=O) groups is 1. The van der Waals surface area contributed by atoms with E-state index in [0.29, 0.717) is 12.0 Å². The Morgan fingerprint density at radius 3 is 2.50 bits per heavy atom. The van der Waals surface area contributed by atoms with Crippen LogP contribution in [-0.2, 0) is 4.79 Å². The number of amides is 1. The first-order valence-corrected chi connectivity index (χ1v) is 7.31. The van der Waals surface area contributed by atoms with Crippen LogP contribution in [0.25, 0.3) is 0 Å². The van der Waals surface area contributed by atoms with Gasteiger partial charge in [-0.25, -0.2) is 0 Å². The monoisotopic (exact) mass is 248 g/mol. The molecule has 1 aliphatic heterocycles. The zero-order valence-electron chi connectivity index (χ0n) is 11.6. The van der Waals surface area contributed by atoms with Crippen LogP contribution in [0.5, 0.6) is 0 Å². The van der Waals surface area contributed by atoms with Crippen molar-refractivity contribution >= 4 is 5.91 Å². The van der Waals surface area contributed by atoms with Crippen molar-refractivity contribution in [2.45, 2.75) is 64.8 Å². The fourth-order valence-corrected chi connectivity index (χ4v) is 3.51. The normalized spacial score (nSPS) is 31.7. The molecule has 18 heavy (non-hydrogen) atoms. The molecule has 0 aromatic heterocycles. The van der Waals surface area contributed by atoms with Gasteiger partial charge in [0.1, 0.15) is 5.41 Å². The van der Waals surface area contributed by atoms with Crippen molar-refractivity contribution in [1.29, 1.82) is 5.26 Å². The van der Waals surface area contributed by atoms with Crippen LogP contribution in [0.4, 0.5) is 0 Å². The topological polar surface area (TPSA) is 44.1 Å². The van der Waals surface area contributed by atoms with Crippen LogP contribution in [0.3, 0.4) is 0 Å². The molecule has 1 heterocycles. The minimum absolute atomic E-state index is 0.115. The van der Waals surface area contributed by atoms with Crippen LogP contribution < -0.4 is 0 Å². The average Bonchev–Trinajstić information content (AvgIpc) is 2.39. The summed E-state index contributed by atoms with van der Waals surface area (Å²) >= 11 is 0. The van der Waals surface area contributed by atoms with Crippen LogP contribution in [0, 0.1) is 22.7 Å². The Bertz CT molecular complexity index is 352. The molecular formula is C15H24N2O. The molecule has 0 radical (unpaired) electrons. The molecular weight excluding hydrogens is 224 g/mol. The highest BCUT2D eigenvalue weighted by Gasteiger charge is 2.44. The molecule has 0 aromatic rings. The Balaban J connectivity index is 2.12. The fraction of sp³-hybridized carbons (Fsp3) is 0.867. The van der Waals surface area contributed by atoms with Gasteiger partial charge in [0.05, 0.1) is 6.07 Å². The van der Waals surface area contributed by atoms with E-state index < -0.39 is 5.41 Å². The Morgan fingerprint density at radius 2 is 1.94 bits per heavy atom. The Labute approximate surface area is 110 Å². The molecule has 1 saturated carbocycles. The summed E-state index contributed by atoms with van der Waals surface area (Å²) in [5.74, 6) is 0.817. The molecule has 100 valence electrons. The predicted molar refractivity (Wildman–Crippen MR) is 70.7 cm³/mol. The number of nitrogens with zero attached hydrogens (tertiary/aromatic N) is 2. The van der Waals surface area contributed by atoms with Gasteiger partial charge < -0.3 is 4.90 Å². The van der Waals surface area contributed by atoms with Gasteiger partial charge in [0.2, 0.25) is 5.91 Å². The lowest BCUT2D eigenvalue weighted by Gasteiger charge is -2.41. The molecule has 2 aliphatic rings. The first-order valence-electron chi connectivity index (χ1n) is 7.31. The molecule has 2 unspecified atom stereocenters. The van der Waals surface area contributed by atoms with Gasteiger partial charge in [-0.05, 0) is 38.5 Å². The molecule has 2 atom stereocenters. The van der Waals surface area contributed by atoms with E-state index in [0.717, 1.165) is 45.1 Å². The molecule has 1 amide bonds. The lowest BCUT2D eigenvalue weighted by atomic mass is 9.73. The summed E-state index contributed by atoms with van der Waals surface area (Å²) in [5.41, 5.74) is -0.701. The lowest BCUT2D eigenvalue weighted by Crippen LogP contribution is -2.51. The van der Waals surface area contributed by atoms with Gasteiger partial charge in [0.25, 0.3) is 0 Å². The summed E-state index contributed by atoms with van der Waals surface area (Å²) < 4.78 is 0. The summed E-state index contributed by atoms with van der Waals surface area (Å²) in [6, 6.07) is 2.65. The maximum atomic E-state index is 12.7. The second kappa shape index (κ2) is 5.30. The Morgan fingerprint density at radius 1 is 1.28 bits per heavy atom. The highest BCUT2D eigenvalue weighted by atomic mass is 16.2. The molecule has 2 rings (SSSR count). The van der Waals surface area contributed by atoms with Gasteiger partial charge in [-0.2, -0.15) is 5.26 Å².